The Kier molecular flexibility index (Phi) is 5.41. The van der Waals surface area contributed by atoms with Crippen LogP contribution in [0.3, 0.4) is 0 Å². The topological polar surface area (TPSA) is 76.3 Å². The third-order valence-electron chi connectivity index (χ3n) is 4.94. The minimum atomic E-state index is 0.381. The van der Waals surface area contributed by atoms with Crippen molar-refractivity contribution < 1.29 is 9.15 Å². The van der Waals surface area contributed by atoms with E-state index in [0.29, 0.717) is 11.9 Å². The van der Waals surface area contributed by atoms with Gasteiger partial charge in [-0.15, -0.1) is 16.4 Å². The zero-order chi connectivity index (χ0) is 20.2. The number of pyridine rings is 1. The van der Waals surface area contributed by atoms with E-state index in [2.05, 4.69) is 42.9 Å². The number of aromatic nitrogens is 3. The van der Waals surface area contributed by atoms with Gasteiger partial charge in [0.25, 0.3) is 5.89 Å². The van der Waals surface area contributed by atoms with Crippen LogP contribution in [-0.2, 0) is 11.2 Å². The van der Waals surface area contributed by atoms with E-state index < -0.39 is 0 Å². The molecule has 0 atom stereocenters. The molecule has 0 amide bonds. The summed E-state index contributed by atoms with van der Waals surface area (Å²) in [6.07, 6.45) is 2.67. The van der Waals surface area contributed by atoms with Crippen LogP contribution in [0.5, 0.6) is 0 Å². The molecule has 1 aromatic carbocycles. The zero-order valence-corrected chi connectivity index (χ0v) is 17.1. The van der Waals surface area contributed by atoms with Gasteiger partial charge in [-0.05, 0) is 41.3 Å². The number of morpholine rings is 1. The molecular formula is C22H21N5O2S. The summed E-state index contributed by atoms with van der Waals surface area (Å²) in [4.78, 5) is 7.99. The van der Waals surface area contributed by atoms with E-state index in [9.17, 15) is 0 Å². The predicted octanol–water partition coefficient (Wildman–Crippen LogP) is 4.36. The molecule has 5 rings (SSSR count). The van der Waals surface area contributed by atoms with Crippen LogP contribution in [0.1, 0.15) is 10.4 Å². The SMILES string of the molecule is c1ccc(Nc2nnc(-c3ccsc3Cc3ccnc(N4CCOCC4)c3)o2)cc1. The Morgan fingerprint density at radius 2 is 1.90 bits per heavy atom. The highest BCUT2D eigenvalue weighted by molar-refractivity contribution is 7.10. The average Bonchev–Trinajstić information content (AvgIpc) is 3.45. The second-order valence-corrected chi connectivity index (χ2v) is 7.96. The highest BCUT2D eigenvalue weighted by Gasteiger charge is 2.16. The summed E-state index contributed by atoms with van der Waals surface area (Å²) < 4.78 is 11.3. The van der Waals surface area contributed by atoms with Crippen molar-refractivity contribution in [1.29, 1.82) is 0 Å². The number of hydrogen-bond donors (Lipinski definition) is 1. The van der Waals surface area contributed by atoms with Gasteiger partial charge in [0, 0.05) is 36.3 Å². The minimum absolute atomic E-state index is 0.381. The van der Waals surface area contributed by atoms with Crippen molar-refractivity contribution >= 4 is 28.9 Å². The van der Waals surface area contributed by atoms with Crippen LogP contribution in [0.2, 0.25) is 0 Å². The van der Waals surface area contributed by atoms with Crippen molar-refractivity contribution in [2.45, 2.75) is 6.42 Å². The summed E-state index contributed by atoms with van der Waals surface area (Å²) in [6, 6.07) is 16.4. The summed E-state index contributed by atoms with van der Waals surface area (Å²) >= 11 is 1.69. The third-order valence-corrected chi connectivity index (χ3v) is 5.86. The molecular weight excluding hydrogens is 398 g/mol. The Bertz CT molecular complexity index is 1110. The fourth-order valence-electron chi connectivity index (χ4n) is 3.42. The molecule has 8 heteroatoms. The molecule has 1 saturated heterocycles. The van der Waals surface area contributed by atoms with Crippen LogP contribution >= 0.6 is 11.3 Å². The maximum absolute atomic E-state index is 5.87. The van der Waals surface area contributed by atoms with E-state index in [1.165, 1.54) is 10.4 Å². The molecule has 1 N–H and O–H groups in total. The lowest BCUT2D eigenvalue weighted by Gasteiger charge is -2.28. The van der Waals surface area contributed by atoms with Crippen molar-refractivity contribution in [1.82, 2.24) is 15.2 Å². The van der Waals surface area contributed by atoms with Gasteiger partial charge < -0.3 is 19.4 Å². The normalized spacial score (nSPS) is 14.1. The molecule has 0 aliphatic carbocycles. The molecule has 0 radical (unpaired) electrons. The van der Waals surface area contributed by atoms with Gasteiger partial charge in [0.1, 0.15) is 5.82 Å². The lowest BCUT2D eigenvalue weighted by atomic mass is 10.1. The van der Waals surface area contributed by atoms with Gasteiger partial charge >= 0.3 is 6.01 Å². The number of ether oxygens (including phenoxy) is 1. The molecule has 7 nitrogen and oxygen atoms in total. The first-order valence-electron chi connectivity index (χ1n) is 9.85. The number of thiophene rings is 1. The Balaban J connectivity index is 1.33. The molecule has 0 spiro atoms. The predicted molar refractivity (Wildman–Crippen MR) is 117 cm³/mol. The van der Waals surface area contributed by atoms with E-state index in [1.54, 1.807) is 11.3 Å². The largest absolute Gasteiger partial charge is 0.403 e. The van der Waals surface area contributed by atoms with Crippen LogP contribution in [0.4, 0.5) is 17.5 Å². The lowest BCUT2D eigenvalue weighted by Crippen LogP contribution is -2.36. The fourth-order valence-corrected chi connectivity index (χ4v) is 4.32. The summed E-state index contributed by atoms with van der Waals surface area (Å²) in [5.74, 6) is 1.52. The van der Waals surface area contributed by atoms with Crippen LogP contribution in [-0.4, -0.2) is 41.5 Å². The first-order valence-corrected chi connectivity index (χ1v) is 10.7. The maximum Gasteiger partial charge on any atom is 0.320 e. The summed E-state index contributed by atoms with van der Waals surface area (Å²) in [6.45, 7) is 3.24. The van der Waals surface area contributed by atoms with Crippen LogP contribution in [0.15, 0.2) is 64.5 Å². The fraction of sp³-hybridized carbons (Fsp3) is 0.227. The van der Waals surface area contributed by atoms with E-state index in [0.717, 1.165) is 49.8 Å². The number of nitrogens with zero attached hydrogens (tertiary/aromatic N) is 4. The molecule has 3 aromatic heterocycles. The van der Waals surface area contributed by atoms with E-state index >= 15 is 0 Å². The molecule has 1 aliphatic rings. The van der Waals surface area contributed by atoms with Crippen molar-refractivity contribution in [3.8, 4) is 11.5 Å². The maximum atomic E-state index is 5.87. The highest BCUT2D eigenvalue weighted by atomic mass is 32.1. The Morgan fingerprint density at radius 1 is 1.03 bits per heavy atom. The number of nitrogens with one attached hydrogen (secondary N) is 1. The average molecular weight is 420 g/mol. The highest BCUT2D eigenvalue weighted by Crippen LogP contribution is 2.31. The summed E-state index contributed by atoms with van der Waals surface area (Å²) in [5, 5.41) is 13.6. The summed E-state index contributed by atoms with van der Waals surface area (Å²) in [7, 11) is 0. The van der Waals surface area contributed by atoms with Crippen molar-refractivity contribution in [2.75, 3.05) is 36.5 Å². The molecule has 152 valence electrons. The van der Waals surface area contributed by atoms with Gasteiger partial charge in [-0.25, -0.2) is 4.98 Å². The van der Waals surface area contributed by atoms with Gasteiger partial charge in [0.2, 0.25) is 0 Å². The van der Waals surface area contributed by atoms with Crippen LogP contribution < -0.4 is 10.2 Å². The Hall–Kier alpha value is -3.23. The second kappa shape index (κ2) is 8.64. The Morgan fingerprint density at radius 3 is 2.77 bits per heavy atom. The quantitative estimate of drug-likeness (QED) is 0.497. The minimum Gasteiger partial charge on any atom is -0.403 e. The molecule has 4 heterocycles. The number of rotatable bonds is 6. The first-order chi connectivity index (χ1) is 14.8. The van der Waals surface area contributed by atoms with Gasteiger partial charge in [-0.1, -0.05) is 23.3 Å². The number of para-hydroxylation sites is 1. The lowest BCUT2D eigenvalue weighted by molar-refractivity contribution is 0.122. The molecule has 1 fully saturated rings. The third kappa shape index (κ3) is 4.19. The molecule has 0 saturated carbocycles. The van der Waals surface area contributed by atoms with Crippen LogP contribution in [0, 0.1) is 0 Å². The molecule has 4 aromatic rings. The second-order valence-electron chi connectivity index (χ2n) is 6.96. The van der Waals surface area contributed by atoms with Gasteiger partial charge in [-0.3, -0.25) is 0 Å². The standard InChI is InChI=1S/C22H21N5O2S/c1-2-4-17(5-3-1)24-22-26-25-21(29-22)18-7-13-30-19(18)14-16-6-8-23-20(15-16)27-9-11-28-12-10-27/h1-8,13,15H,9-12,14H2,(H,24,26). The molecule has 1 aliphatic heterocycles. The number of anilines is 3. The van der Waals surface area contributed by atoms with Gasteiger partial charge in [-0.2, -0.15) is 0 Å². The Labute approximate surface area is 178 Å². The van der Waals surface area contributed by atoms with Crippen molar-refractivity contribution in [3.63, 3.8) is 0 Å². The zero-order valence-electron chi connectivity index (χ0n) is 16.3. The first kappa shape index (κ1) is 18.8. The molecule has 0 unspecified atom stereocenters. The van der Waals surface area contributed by atoms with Gasteiger partial charge in [0.15, 0.2) is 0 Å². The monoisotopic (exact) mass is 419 g/mol. The molecule has 30 heavy (non-hydrogen) atoms. The van der Waals surface area contributed by atoms with E-state index in [1.807, 2.05) is 42.6 Å². The van der Waals surface area contributed by atoms with E-state index in [-0.39, 0.29) is 0 Å². The number of hydrogen-bond acceptors (Lipinski definition) is 8. The number of benzene rings is 1. The van der Waals surface area contributed by atoms with Crippen molar-refractivity contribution in [3.05, 3.63) is 70.5 Å². The van der Waals surface area contributed by atoms with Gasteiger partial charge in [0.05, 0.1) is 18.8 Å². The van der Waals surface area contributed by atoms with E-state index in [4.69, 9.17) is 9.15 Å². The smallest absolute Gasteiger partial charge is 0.320 e. The molecule has 0 bridgehead atoms. The summed E-state index contributed by atoms with van der Waals surface area (Å²) in [5.41, 5.74) is 3.08. The van der Waals surface area contributed by atoms with Crippen LogP contribution in [0.25, 0.3) is 11.5 Å². The van der Waals surface area contributed by atoms with Crippen molar-refractivity contribution in [2.24, 2.45) is 0 Å².